The Kier molecular flexibility index (Phi) is 3.28. The summed E-state index contributed by atoms with van der Waals surface area (Å²) in [5, 5.41) is 0. The predicted octanol–water partition coefficient (Wildman–Crippen LogP) is 3.37. The highest BCUT2D eigenvalue weighted by molar-refractivity contribution is 5.76. The van der Waals surface area contributed by atoms with Crippen molar-refractivity contribution in [3.63, 3.8) is 0 Å². The van der Waals surface area contributed by atoms with Crippen molar-refractivity contribution in [1.29, 1.82) is 0 Å². The van der Waals surface area contributed by atoms with E-state index in [4.69, 9.17) is 5.73 Å². The molecule has 1 aromatic carbocycles. The number of aromatic nitrogens is 1. The van der Waals surface area contributed by atoms with Gasteiger partial charge in [-0.25, -0.2) is 4.39 Å². The summed E-state index contributed by atoms with van der Waals surface area (Å²) in [6.45, 7) is 0. The van der Waals surface area contributed by atoms with Crippen LogP contribution in [-0.4, -0.2) is 11.3 Å². The lowest BCUT2D eigenvalue weighted by atomic mass is 10.1. The van der Waals surface area contributed by atoms with Crippen molar-refractivity contribution in [1.82, 2.24) is 4.98 Å². The molecule has 0 radical (unpaired) electrons. The van der Waals surface area contributed by atoms with Crippen LogP contribution < -0.4 is 10.5 Å². The van der Waals surface area contributed by atoms with Crippen LogP contribution in [0.15, 0.2) is 36.5 Å². The Morgan fingerprint density at radius 1 is 1.16 bits per heavy atom. The average Bonchev–Trinajstić information content (AvgIpc) is 2.28. The summed E-state index contributed by atoms with van der Waals surface area (Å²) in [7, 11) is 0. The molecule has 0 unspecified atom stereocenters. The van der Waals surface area contributed by atoms with Gasteiger partial charge in [-0.15, -0.1) is 13.2 Å². The van der Waals surface area contributed by atoms with Crippen LogP contribution in [0.2, 0.25) is 0 Å². The first-order chi connectivity index (χ1) is 8.87. The minimum absolute atomic E-state index is 0.0289. The smallest absolute Gasteiger partial charge is 0.405 e. The Hall–Kier alpha value is -2.31. The molecule has 0 bridgehead atoms. The number of hydrogen-bond donors (Lipinski definition) is 1. The van der Waals surface area contributed by atoms with Crippen molar-refractivity contribution in [3.05, 3.63) is 42.3 Å². The molecule has 0 amide bonds. The molecule has 100 valence electrons. The Morgan fingerprint density at radius 2 is 1.84 bits per heavy atom. The van der Waals surface area contributed by atoms with Gasteiger partial charge in [-0.2, -0.15) is 0 Å². The van der Waals surface area contributed by atoms with Gasteiger partial charge in [0.05, 0.1) is 17.6 Å². The average molecular weight is 272 g/mol. The largest absolute Gasteiger partial charge is 0.573 e. The lowest BCUT2D eigenvalue weighted by Crippen LogP contribution is -2.17. The second-order valence-electron chi connectivity index (χ2n) is 3.64. The number of nitrogens with zero attached hydrogens (tertiary/aromatic N) is 1. The summed E-state index contributed by atoms with van der Waals surface area (Å²) in [5.41, 5.74) is 5.54. The quantitative estimate of drug-likeness (QED) is 0.853. The van der Waals surface area contributed by atoms with Gasteiger partial charge in [0.15, 0.2) is 0 Å². The van der Waals surface area contributed by atoms with Crippen LogP contribution in [0.4, 0.5) is 23.2 Å². The molecule has 7 heteroatoms. The normalized spacial score (nSPS) is 11.4. The molecule has 0 aliphatic heterocycles. The van der Waals surface area contributed by atoms with Gasteiger partial charge in [-0.05, 0) is 12.1 Å². The predicted molar refractivity (Wildman–Crippen MR) is 60.7 cm³/mol. The van der Waals surface area contributed by atoms with Crippen molar-refractivity contribution in [3.8, 4) is 17.0 Å². The number of rotatable bonds is 2. The van der Waals surface area contributed by atoms with Gasteiger partial charge in [-0.1, -0.05) is 12.1 Å². The molecule has 0 fully saturated rings. The summed E-state index contributed by atoms with van der Waals surface area (Å²) in [6.07, 6.45) is -3.96. The molecular formula is C12H8F4N2O. The molecule has 2 rings (SSSR count). The van der Waals surface area contributed by atoms with Gasteiger partial charge in [0.1, 0.15) is 11.6 Å². The monoisotopic (exact) mass is 272 g/mol. The number of anilines is 1. The SMILES string of the molecule is Nc1cc(F)cnc1-c1ccccc1OC(F)(F)F. The van der Waals surface area contributed by atoms with E-state index in [2.05, 4.69) is 9.72 Å². The number of ether oxygens (including phenoxy) is 1. The summed E-state index contributed by atoms with van der Waals surface area (Å²) >= 11 is 0. The number of hydrogen-bond acceptors (Lipinski definition) is 3. The molecule has 1 aromatic heterocycles. The molecule has 0 aliphatic rings. The highest BCUT2D eigenvalue weighted by Gasteiger charge is 2.32. The second kappa shape index (κ2) is 4.75. The van der Waals surface area contributed by atoms with Crippen molar-refractivity contribution in [2.45, 2.75) is 6.36 Å². The topological polar surface area (TPSA) is 48.1 Å². The Morgan fingerprint density at radius 3 is 2.47 bits per heavy atom. The third-order valence-corrected chi connectivity index (χ3v) is 2.25. The fourth-order valence-corrected chi connectivity index (χ4v) is 1.56. The molecule has 2 N–H and O–H groups in total. The van der Waals surface area contributed by atoms with E-state index >= 15 is 0 Å². The van der Waals surface area contributed by atoms with E-state index in [0.717, 1.165) is 18.3 Å². The fraction of sp³-hybridized carbons (Fsp3) is 0.0833. The Balaban J connectivity index is 2.50. The van der Waals surface area contributed by atoms with Crippen molar-refractivity contribution in [2.24, 2.45) is 0 Å². The van der Waals surface area contributed by atoms with Crippen LogP contribution in [0.5, 0.6) is 5.75 Å². The third kappa shape index (κ3) is 3.12. The van der Waals surface area contributed by atoms with Crippen molar-refractivity contribution >= 4 is 5.69 Å². The third-order valence-electron chi connectivity index (χ3n) is 2.25. The lowest BCUT2D eigenvalue weighted by Gasteiger charge is -2.13. The maximum atomic E-state index is 12.9. The molecule has 3 nitrogen and oxygen atoms in total. The van der Waals surface area contributed by atoms with E-state index in [9.17, 15) is 17.6 Å². The number of alkyl halides is 3. The van der Waals surface area contributed by atoms with Crippen molar-refractivity contribution < 1.29 is 22.3 Å². The minimum Gasteiger partial charge on any atom is -0.405 e. The van der Waals surface area contributed by atoms with Crippen LogP contribution in [0, 0.1) is 5.82 Å². The number of pyridine rings is 1. The first-order valence-electron chi connectivity index (χ1n) is 5.13. The van der Waals surface area contributed by atoms with Gasteiger partial charge < -0.3 is 10.5 Å². The van der Waals surface area contributed by atoms with Crippen LogP contribution in [-0.2, 0) is 0 Å². The Bertz CT molecular complexity index is 599. The van der Waals surface area contributed by atoms with Crippen LogP contribution in [0.1, 0.15) is 0 Å². The molecule has 0 aliphatic carbocycles. The highest BCUT2D eigenvalue weighted by Crippen LogP contribution is 2.35. The summed E-state index contributed by atoms with van der Waals surface area (Å²) in [6, 6.07) is 6.35. The molecule has 0 spiro atoms. The molecule has 0 atom stereocenters. The highest BCUT2D eigenvalue weighted by atomic mass is 19.4. The first-order valence-corrected chi connectivity index (χ1v) is 5.13. The van der Waals surface area contributed by atoms with Crippen molar-refractivity contribution in [2.75, 3.05) is 5.73 Å². The molecule has 19 heavy (non-hydrogen) atoms. The van der Waals surface area contributed by atoms with E-state index < -0.39 is 17.9 Å². The second-order valence-corrected chi connectivity index (χ2v) is 3.64. The number of halogens is 4. The minimum atomic E-state index is -4.83. The standard InChI is InChI=1S/C12H8F4N2O/c13-7-5-9(17)11(18-6-7)8-3-1-2-4-10(8)19-12(14,15)16/h1-6H,17H2. The van der Waals surface area contributed by atoms with Gasteiger partial charge in [-0.3, -0.25) is 4.98 Å². The van der Waals surface area contributed by atoms with Gasteiger partial charge in [0, 0.05) is 11.6 Å². The molecule has 2 aromatic rings. The zero-order chi connectivity index (χ0) is 14.0. The maximum Gasteiger partial charge on any atom is 0.573 e. The summed E-state index contributed by atoms with van der Waals surface area (Å²) in [5.74, 6) is -1.11. The van der Waals surface area contributed by atoms with Crippen LogP contribution >= 0.6 is 0 Å². The summed E-state index contributed by atoms with van der Waals surface area (Å²) < 4.78 is 53.6. The lowest BCUT2D eigenvalue weighted by molar-refractivity contribution is -0.274. The van der Waals surface area contributed by atoms with E-state index in [0.29, 0.717) is 0 Å². The number of nitrogens with two attached hydrogens (primary N) is 1. The van der Waals surface area contributed by atoms with Gasteiger partial charge in [0.25, 0.3) is 0 Å². The molecule has 0 saturated carbocycles. The molecule has 1 heterocycles. The van der Waals surface area contributed by atoms with E-state index in [-0.39, 0.29) is 16.9 Å². The first kappa shape index (κ1) is 13.1. The zero-order valence-corrected chi connectivity index (χ0v) is 9.41. The van der Waals surface area contributed by atoms with Crippen LogP contribution in [0.25, 0.3) is 11.3 Å². The fourth-order valence-electron chi connectivity index (χ4n) is 1.56. The molecular weight excluding hydrogens is 264 g/mol. The zero-order valence-electron chi connectivity index (χ0n) is 9.41. The number of benzene rings is 1. The Labute approximate surface area is 105 Å². The number of para-hydroxylation sites is 1. The van der Waals surface area contributed by atoms with E-state index in [1.54, 1.807) is 0 Å². The summed E-state index contributed by atoms with van der Waals surface area (Å²) in [4.78, 5) is 3.69. The molecule has 0 saturated heterocycles. The van der Waals surface area contributed by atoms with Gasteiger partial charge in [0.2, 0.25) is 0 Å². The van der Waals surface area contributed by atoms with Gasteiger partial charge >= 0.3 is 6.36 Å². The van der Waals surface area contributed by atoms with Crippen LogP contribution in [0.3, 0.4) is 0 Å². The van der Waals surface area contributed by atoms with E-state index in [1.165, 1.54) is 18.2 Å². The number of nitrogen functional groups attached to an aromatic ring is 1. The maximum absolute atomic E-state index is 12.9. The van der Waals surface area contributed by atoms with E-state index in [1.807, 2.05) is 0 Å².